The summed E-state index contributed by atoms with van der Waals surface area (Å²) in [5.74, 6) is 0.494. The van der Waals surface area contributed by atoms with Crippen LogP contribution in [0.15, 0.2) is 60.8 Å². The highest BCUT2D eigenvalue weighted by molar-refractivity contribution is 5.83. The lowest BCUT2D eigenvalue weighted by molar-refractivity contribution is 0.144. The summed E-state index contributed by atoms with van der Waals surface area (Å²) < 4.78 is 7.63. The van der Waals surface area contributed by atoms with Crippen molar-refractivity contribution in [2.45, 2.75) is 38.1 Å². The highest BCUT2D eigenvalue weighted by Gasteiger charge is 2.40. The number of amides is 1. The van der Waals surface area contributed by atoms with Crippen LogP contribution in [0.2, 0.25) is 0 Å². The minimum atomic E-state index is -0.989. The predicted molar refractivity (Wildman–Crippen MR) is 126 cm³/mol. The van der Waals surface area contributed by atoms with E-state index in [4.69, 9.17) is 9.72 Å². The van der Waals surface area contributed by atoms with Gasteiger partial charge < -0.3 is 15.2 Å². The van der Waals surface area contributed by atoms with Crippen LogP contribution in [0.4, 0.5) is 4.79 Å². The topological polar surface area (TPSA) is 88.8 Å². The molecule has 1 aliphatic rings. The summed E-state index contributed by atoms with van der Waals surface area (Å²) in [5.41, 5.74) is 5.87. The SMILES string of the molecule is CCc1cn2c(-c3ccccc3)c(-c3ccc(C4(NC(=O)O)CCC4)cc3)nc2c(OC)n1. The zero-order chi connectivity index (χ0) is 23.0. The molecule has 1 amide bonds. The molecule has 7 nitrogen and oxygen atoms in total. The number of nitrogens with zero attached hydrogens (tertiary/aromatic N) is 3. The minimum Gasteiger partial charge on any atom is -0.478 e. The highest BCUT2D eigenvalue weighted by atomic mass is 16.5. The molecule has 0 spiro atoms. The zero-order valence-corrected chi connectivity index (χ0v) is 18.7. The Morgan fingerprint density at radius 1 is 1.09 bits per heavy atom. The Morgan fingerprint density at radius 2 is 1.82 bits per heavy atom. The van der Waals surface area contributed by atoms with Crippen LogP contribution in [0.25, 0.3) is 28.2 Å². The Morgan fingerprint density at radius 3 is 2.39 bits per heavy atom. The standard InChI is InChI=1S/C26H26N4O3/c1-3-20-16-30-22(18-8-5-4-6-9-18)21(28-23(30)24(27-20)33-2)17-10-12-19(13-11-17)26(14-7-15-26)29-25(31)32/h4-6,8-13,16,29H,3,7,14-15H2,1-2H3,(H,31,32). The summed E-state index contributed by atoms with van der Waals surface area (Å²) in [6, 6.07) is 18.2. The smallest absolute Gasteiger partial charge is 0.405 e. The first-order chi connectivity index (χ1) is 16.0. The summed E-state index contributed by atoms with van der Waals surface area (Å²) in [6.07, 6.45) is 4.44. The van der Waals surface area contributed by atoms with Gasteiger partial charge in [0.1, 0.15) is 0 Å². The van der Waals surface area contributed by atoms with Gasteiger partial charge in [0, 0.05) is 17.3 Å². The van der Waals surface area contributed by atoms with Crippen LogP contribution < -0.4 is 10.1 Å². The number of methoxy groups -OCH3 is 1. The molecule has 1 aliphatic carbocycles. The van der Waals surface area contributed by atoms with Gasteiger partial charge in [-0.2, -0.15) is 0 Å². The van der Waals surface area contributed by atoms with Gasteiger partial charge in [-0.1, -0.05) is 61.5 Å². The summed E-state index contributed by atoms with van der Waals surface area (Å²) in [6.45, 7) is 2.06. The van der Waals surface area contributed by atoms with E-state index in [1.807, 2.05) is 48.7 Å². The maximum absolute atomic E-state index is 11.3. The van der Waals surface area contributed by atoms with E-state index in [0.717, 1.165) is 59.5 Å². The number of hydrogen-bond acceptors (Lipinski definition) is 4. The van der Waals surface area contributed by atoms with Crippen molar-refractivity contribution in [2.75, 3.05) is 7.11 Å². The van der Waals surface area contributed by atoms with Crippen molar-refractivity contribution >= 4 is 11.7 Å². The van der Waals surface area contributed by atoms with Gasteiger partial charge in [-0.05, 0) is 31.2 Å². The lowest BCUT2D eigenvalue weighted by Gasteiger charge is -2.42. The van der Waals surface area contributed by atoms with Crippen LogP contribution in [-0.4, -0.2) is 32.7 Å². The fourth-order valence-electron chi connectivity index (χ4n) is 4.62. The zero-order valence-electron chi connectivity index (χ0n) is 18.7. The molecule has 0 atom stereocenters. The molecular formula is C26H26N4O3. The van der Waals surface area contributed by atoms with Crippen LogP contribution in [0, 0.1) is 0 Å². The maximum Gasteiger partial charge on any atom is 0.405 e. The molecule has 2 aromatic carbocycles. The average Bonchev–Trinajstić information content (AvgIpc) is 3.20. The Kier molecular flexibility index (Phi) is 5.24. The molecule has 2 N–H and O–H groups in total. The molecule has 5 rings (SSSR count). The van der Waals surface area contributed by atoms with Crippen molar-refractivity contribution in [3.05, 3.63) is 72.1 Å². The monoisotopic (exact) mass is 442 g/mol. The summed E-state index contributed by atoms with van der Waals surface area (Å²) in [5, 5.41) is 12.0. The third-order valence-electron chi connectivity index (χ3n) is 6.49. The van der Waals surface area contributed by atoms with Gasteiger partial charge in [0.05, 0.1) is 29.7 Å². The number of rotatable bonds is 6. The molecule has 7 heteroatoms. The molecular weight excluding hydrogens is 416 g/mol. The number of nitrogens with one attached hydrogen (secondary N) is 1. The minimum absolute atomic E-state index is 0.491. The fraction of sp³-hybridized carbons (Fsp3) is 0.269. The van der Waals surface area contributed by atoms with E-state index in [2.05, 4.69) is 33.8 Å². The van der Waals surface area contributed by atoms with Crippen molar-refractivity contribution in [3.63, 3.8) is 0 Å². The number of fused-ring (bicyclic) bond motifs is 1. The molecule has 2 aromatic heterocycles. The van der Waals surface area contributed by atoms with E-state index in [-0.39, 0.29) is 0 Å². The first-order valence-electron chi connectivity index (χ1n) is 11.2. The number of imidazole rings is 1. The number of benzene rings is 2. The number of aromatic nitrogens is 3. The van der Waals surface area contributed by atoms with Gasteiger partial charge in [-0.25, -0.2) is 14.8 Å². The molecule has 2 heterocycles. The summed E-state index contributed by atoms with van der Waals surface area (Å²) in [7, 11) is 1.61. The van der Waals surface area contributed by atoms with Gasteiger partial charge in [0.15, 0.2) is 0 Å². The van der Waals surface area contributed by atoms with Crippen LogP contribution in [0.5, 0.6) is 5.88 Å². The Hall–Kier alpha value is -3.87. The van der Waals surface area contributed by atoms with Crippen LogP contribution in [0.1, 0.15) is 37.4 Å². The van der Waals surface area contributed by atoms with Gasteiger partial charge >= 0.3 is 6.09 Å². The quantitative estimate of drug-likeness (QED) is 0.424. The summed E-state index contributed by atoms with van der Waals surface area (Å²) in [4.78, 5) is 20.9. The van der Waals surface area contributed by atoms with Gasteiger partial charge in [0.25, 0.3) is 5.88 Å². The van der Waals surface area contributed by atoms with Crippen molar-refractivity contribution in [3.8, 4) is 28.4 Å². The first-order valence-corrected chi connectivity index (χ1v) is 11.2. The lowest BCUT2D eigenvalue weighted by Crippen LogP contribution is -2.50. The second-order valence-corrected chi connectivity index (χ2v) is 8.41. The number of ether oxygens (including phenoxy) is 1. The highest BCUT2D eigenvalue weighted by Crippen LogP contribution is 2.42. The van der Waals surface area contributed by atoms with E-state index in [1.54, 1.807) is 7.11 Å². The van der Waals surface area contributed by atoms with Gasteiger partial charge in [-0.3, -0.25) is 4.40 Å². The maximum atomic E-state index is 11.3. The average molecular weight is 443 g/mol. The normalized spacial score (nSPS) is 14.6. The number of carboxylic acid groups (broad SMARTS) is 1. The third kappa shape index (κ3) is 3.59. The predicted octanol–water partition coefficient (Wildman–Crippen LogP) is 5.28. The van der Waals surface area contributed by atoms with Crippen LogP contribution in [-0.2, 0) is 12.0 Å². The molecule has 1 saturated carbocycles. The Labute approximate surface area is 192 Å². The number of aryl methyl sites for hydroxylation is 1. The van der Waals surface area contributed by atoms with Gasteiger partial charge in [-0.15, -0.1) is 0 Å². The fourth-order valence-corrected chi connectivity index (χ4v) is 4.62. The van der Waals surface area contributed by atoms with E-state index >= 15 is 0 Å². The van der Waals surface area contributed by atoms with Crippen LogP contribution in [0.3, 0.4) is 0 Å². The van der Waals surface area contributed by atoms with Crippen molar-refractivity contribution < 1.29 is 14.6 Å². The van der Waals surface area contributed by atoms with Crippen molar-refractivity contribution in [1.82, 2.24) is 19.7 Å². The Bertz CT molecular complexity index is 1310. The van der Waals surface area contributed by atoms with Crippen molar-refractivity contribution in [2.24, 2.45) is 0 Å². The van der Waals surface area contributed by atoms with Gasteiger partial charge in [0.2, 0.25) is 5.65 Å². The van der Waals surface area contributed by atoms with Crippen molar-refractivity contribution in [1.29, 1.82) is 0 Å². The van der Waals surface area contributed by atoms with Crippen LogP contribution >= 0.6 is 0 Å². The molecule has 0 bridgehead atoms. The molecule has 33 heavy (non-hydrogen) atoms. The van der Waals surface area contributed by atoms with E-state index in [9.17, 15) is 9.90 Å². The molecule has 0 saturated heterocycles. The second kappa shape index (κ2) is 8.24. The molecule has 4 aromatic rings. The second-order valence-electron chi connectivity index (χ2n) is 8.41. The third-order valence-corrected chi connectivity index (χ3v) is 6.49. The molecule has 0 aliphatic heterocycles. The molecule has 168 valence electrons. The van der Waals surface area contributed by atoms with E-state index < -0.39 is 11.6 Å². The molecule has 1 fully saturated rings. The molecule has 0 unspecified atom stereocenters. The van der Waals surface area contributed by atoms with E-state index in [0.29, 0.717) is 11.5 Å². The largest absolute Gasteiger partial charge is 0.478 e. The lowest BCUT2D eigenvalue weighted by atomic mass is 9.72. The number of hydrogen-bond donors (Lipinski definition) is 2. The molecule has 0 radical (unpaired) electrons. The number of carbonyl (C=O) groups is 1. The van der Waals surface area contributed by atoms with E-state index in [1.165, 1.54) is 0 Å². The first kappa shape index (κ1) is 21.0. The summed E-state index contributed by atoms with van der Waals surface area (Å²) >= 11 is 0. The Balaban J connectivity index is 1.67.